The van der Waals surface area contributed by atoms with E-state index in [1.54, 1.807) is 5.43 Å². The van der Waals surface area contributed by atoms with Crippen LogP contribution in [-0.2, 0) is 9.53 Å². The predicted molar refractivity (Wildman–Crippen MR) is 40.8 cm³/mol. The summed E-state index contributed by atoms with van der Waals surface area (Å²) in [6.45, 7) is -0.724. The third-order valence-electron chi connectivity index (χ3n) is 0.871. The number of amides is 2. The number of alkyl carbamates (subject to hydrolysis) is 1. The quantitative estimate of drug-likeness (QED) is 0.129. The molecule has 0 aliphatic rings. The Bertz CT molecular complexity index is 234. The number of hydrazine groups is 1. The highest BCUT2D eigenvalue weighted by Crippen LogP contribution is 1.78. The van der Waals surface area contributed by atoms with Crippen molar-refractivity contribution in [3.63, 3.8) is 0 Å². The van der Waals surface area contributed by atoms with Crippen LogP contribution in [0.5, 0.6) is 0 Å². The minimum absolute atomic E-state index is 0.300. The molecule has 0 fully saturated rings. The average molecular weight is 188 g/mol. The highest BCUT2D eigenvalue weighted by molar-refractivity contribution is 5.81. The maximum absolute atomic E-state index is 10.6. The van der Waals surface area contributed by atoms with Crippen molar-refractivity contribution in [2.45, 2.75) is 0 Å². The van der Waals surface area contributed by atoms with Crippen LogP contribution in [0.15, 0.2) is 5.11 Å². The van der Waals surface area contributed by atoms with Crippen molar-refractivity contribution < 1.29 is 14.3 Å². The second-order valence-electron chi connectivity index (χ2n) is 1.71. The van der Waals surface area contributed by atoms with E-state index in [-0.39, 0.29) is 6.54 Å². The smallest absolute Gasteiger partial charge is 0.407 e. The first-order valence-electron chi connectivity index (χ1n) is 3.11. The molecule has 2 amide bonds. The Morgan fingerprint density at radius 3 is 2.85 bits per heavy atom. The summed E-state index contributed by atoms with van der Waals surface area (Å²) in [5.74, 6) is 4.15. The lowest BCUT2D eigenvalue weighted by Gasteiger charge is -2.02. The zero-order valence-corrected chi connectivity index (χ0v) is 6.56. The van der Waals surface area contributed by atoms with Crippen molar-refractivity contribution in [1.82, 2.24) is 10.7 Å². The van der Waals surface area contributed by atoms with Crippen LogP contribution in [0.25, 0.3) is 10.4 Å². The molecule has 0 saturated heterocycles. The third kappa shape index (κ3) is 6.41. The van der Waals surface area contributed by atoms with Gasteiger partial charge in [0.1, 0.15) is 6.54 Å². The average Bonchev–Trinajstić information content (AvgIpc) is 2.14. The first-order chi connectivity index (χ1) is 6.20. The van der Waals surface area contributed by atoms with Gasteiger partial charge in [0.25, 0.3) is 5.91 Å². The van der Waals surface area contributed by atoms with Crippen LogP contribution in [-0.4, -0.2) is 25.3 Å². The zero-order chi connectivity index (χ0) is 10.1. The van der Waals surface area contributed by atoms with E-state index in [0.29, 0.717) is 0 Å². The van der Waals surface area contributed by atoms with Crippen LogP contribution in [0.1, 0.15) is 0 Å². The molecule has 9 nitrogen and oxygen atoms in total. The van der Waals surface area contributed by atoms with Gasteiger partial charge in [0.05, 0.1) is 0 Å². The van der Waals surface area contributed by atoms with Crippen molar-refractivity contribution in [1.29, 1.82) is 0 Å². The SMILES string of the molecule is [N-]=[N+]=NCOC(=O)NCC(=O)NN. The Morgan fingerprint density at radius 2 is 2.31 bits per heavy atom. The monoisotopic (exact) mass is 188 g/mol. The van der Waals surface area contributed by atoms with Gasteiger partial charge in [0, 0.05) is 4.91 Å². The summed E-state index contributed by atoms with van der Waals surface area (Å²) in [6.07, 6.45) is -0.865. The van der Waals surface area contributed by atoms with Gasteiger partial charge in [0.2, 0.25) is 0 Å². The summed E-state index contributed by atoms with van der Waals surface area (Å²) >= 11 is 0. The van der Waals surface area contributed by atoms with Crippen LogP contribution in [0.4, 0.5) is 4.79 Å². The Hall–Kier alpha value is -1.99. The van der Waals surface area contributed by atoms with Gasteiger partial charge >= 0.3 is 6.09 Å². The molecular weight excluding hydrogens is 180 g/mol. The lowest BCUT2D eigenvalue weighted by molar-refractivity contribution is -0.120. The van der Waals surface area contributed by atoms with Gasteiger partial charge in [-0.3, -0.25) is 10.2 Å². The molecule has 0 aliphatic heterocycles. The normalized spacial score (nSPS) is 8.08. The van der Waals surface area contributed by atoms with Gasteiger partial charge in [-0.15, -0.1) is 0 Å². The molecule has 0 saturated carbocycles. The summed E-state index contributed by atoms with van der Waals surface area (Å²) < 4.78 is 4.29. The van der Waals surface area contributed by atoms with Crippen molar-refractivity contribution in [2.75, 3.05) is 13.3 Å². The molecule has 0 rings (SSSR count). The van der Waals surface area contributed by atoms with Gasteiger partial charge < -0.3 is 10.1 Å². The maximum atomic E-state index is 10.6. The summed E-state index contributed by atoms with van der Waals surface area (Å²) in [4.78, 5) is 23.4. The molecule has 72 valence electrons. The number of rotatable bonds is 4. The second-order valence-corrected chi connectivity index (χ2v) is 1.71. The van der Waals surface area contributed by atoms with E-state index in [1.165, 1.54) is 0 Å². The molecular formula is C4H8N6O3. The van der Waals surface area contributed by atoms with E-state index in [9.17, 15) is 9.59 Å². The number of azide groups is 1. The van der Waals surface area contributed by atoms with Crippen LogP contribution in [0, 0.1) is 0 Å². The van der Waals surface area contributed by atoms with Crippen molar-refractivity contribution >= 4 is 12.0 Å². The fourth-order valence-corrected chi connectivity index (χ4v) is 0.368. The fraction of sp³-hybridized carbons (Fsp3) is 0.500. The molecule has 0 atom stereocenters. The van der Waals surface area contributed by atoms with Gasteiger partial charge in [-0.1, -0.05) is 5.11 Å². The van der Waals surface area contributed by atoms with E-state index in [4.69, 9.17) is 11.4 Å². The van der Waals surface area contributed by atoms with E-state index in [1.807, 2.05) is 0 Å². The lowest BCUT2D eigenvalue weighted by Crippen LogP contribution is -2.40. The van der Waals surface area contributed by atoms with Gasteiger partial charge in [-0.25, -0.2) is 10.6 Å². The van der Waals surface area contributed by atoms with Crippen LogP contribution >= 0.6 is 0 Å². The number of hydrogen-bond acceptors (Lipinski definition) is 5. The van der Waals surface area contributed by atoms with Crippen LogP contribution < -0.4 is 16.6 Å². The van der Waals surface area contributed by atoms with Gasteiger partial charge in [-0.05, 0) is 5.53 Å². The number of hydrogen-bond donors (Lipinski definition) is 3. The topological polar surface area (TPSA) is 142 Å². The number of ether oxygens (including phenoxy) is 1. The molecule has 0 aromatic rings. The Balaban J connectivity index is 3.51. The molecule has 0 spiro atoms. The van der Waals surface area contributed by atoms with E-state index in [2.05, 4.69) is 20.1 Å². The van der Waals surface area contributed by atoms with Crippen molar-refractivity contribution in [3.05, 3.63) is 10.4 Å². The minimum Gasteiger partial charge on any atom is -0.443 e. The molecule has 4 N–H and O–H groups in total. The largest absolute Gasteiger partial charge is 0.443 e. The molecule has 0 radical (unpaired) electrons. The predicted octanol–water partition coefficient (Wildman–Crippen LogP) is -1.03. The first-order valence-corrected chi connectivity index (χ1v) is 3.11. The molecule has 0 aliphatic carbocycles. The fourth-order valence-electron chi connectivity index (χ4n) is 0.368. The second kappa shape index (κ2) is 6.70. The number of carbonyl (C=O) groups is 2. The number of nitrogens with two attached hydrogens (primary N) is 1. The highest BCUT2D eigenvalue weighted by atomic mass is 16.6. The van der Waals surface area contributed by atoms with E-state index in [0.717, 1.165) is 0 Å². The highest BCUT2D eigenvalue weighted by Gasteiger charge is 2.03. The summed E-state index contributed by atoms with van der Waals surface area (Å²) in [6, 6.07) is 0. The molecule has 0 unspecified atom stereocenters. The molecule has 13 heavy (non-hydrogen) atoms. The third-order valence-corrected chi connectivity index (χ3v) is 0.871. The molecule has 0 aromatic heterocycles. The summed E-state index contributed by atoms with van der Waals surface area (Å²) in [7, 11) is 0. The molecule has 0 heterocycles. The zero-order valence-electron chi connectivity index (χ0n) is 6.56. The molecule has 0 bridgehead atoms. The number of carbonyl (C=O) groups excluding carboxylic acids is 2. The number of nitrogens with one attached hydrogen (secondary N) is 2. The molecule has 0 aromatic carbocycles. The van der Waals surface area contributed by atoms with Crippen LogP contribution in [0.2, 0.25) is 0 Å². The Kier molecular flexibility index (Phi) is 5.68. The minimum atomic E-state index is -0.865. The number of nitrogens with zero attached hydrogens (tertiary/aromatic N) is 3. The van der Waals surface area contributed by atoms with Crippen LogP contribution in [0.3, 0.4) is 0 Å². The van der Waals surface area contributed by atoms with Crippen molar-refractivity contribution in [2.24, 2.45) is 11.0 Å². The van der Waals surface area contributed by atoms with Gasteiger partial charge in [-0.2, -0.15) is 0 Å². The van der Waals surface area contributed by atoms with Crippen molar-refractivity contribution in [3.8, 4) is 0 Å². The summed E-state index contributed by atoms with van der Waals surface area (Å²) in [5, 5.41) is 4.99. The van der Waals surface area contributed by atoms with E-state index < -0.39 is 18.7 Å². The van der Waals surface area contributed by atoms with E-state index >= 15 is 0 Å². The maximum Gasteiger partial charge on any atom is 0.407 e. The lowest BCUT2D eigenvalue weighted by atomic mass is 10.6. The standard InChI is InChI=1S/C4H8N6O3/c5-9-3(11)1-7-4(12)13-2-8-10-6/h1-2,5H2,(H,7,12)(H,9,11). The molecule has 9 heteroatoms. The Morgan fingerprint density at radius 1 is 1.62 bits per heavy atom. The first kappa shape index (κ1) is 11.0. The van der Waals surface area contributed by atoms with Gasteiger partial charge in [0.15, 0.2) is 6.73 Å². The Labute approximate surface area is 72.8 Å². The summed E-state index contributed by atoms with van der Waals surface area (Å²) in [5.41, 5.74) is 9.60.